The number of hydrogen-bond donors (Lipinski definition) is 2. The lowest BCUT2D eigenvalue weighted by molar-refractivity contribution is 0.407. The van der Waals surface area contributed by atoms with Crippen LogP contribution in [-0.4, -0.2) is 22.1 Å². The molecule has 27 heavy (non-hydrogen) atoms. The molecule has 140 valence electrons. The highest BCUT2D eigenvalue weighted by Gasteiger charge is 2.21. The van der Waals surface area contributed by atoms with Crippen LogP contribution in [0, 0.1) is 0 Å². The normalized spacial score (nSPS) is 13.2. The summed E-state index contributed by atoms with van der Waals surface area (Å²) in [6.45, 7) is 5.93. The molecule has 2 heterocycles. The number of ether oxygens (including phenoxy) is 1. The highest BCUT2D eigenvalue weighted by molar-refractivity contribution is 5.51. The van der Waals surface area contributed by atoms with Crippen LogP contribution in [0.25, 0.3) is 12.2 Å². The maximum atomic E-state index is 12.4. The van der Waals surface area contributed by atoms with Crippen LogP contribution in [0.5, 0.6) is 5.75 Å². The Balaban J connectivity index is 2.12. The molecule has 0 unspecified atom stereocenters. The fourth-order valence-electron chi connectivity index (χ4n) is 2.65. The number of oxazole rings is 1. The van der Waals surface area contributed by atoms with E-state index < -0.39 is 11.1 Å². The van der Waals surface area contributed by atoms with Crippen molar-refractivity contribution in [1.29, 1.82) is 0 Å². The molecule has 7 heteroatoms. The number of nitrogens with zero attached hydrogens (tertiary/aromatic N) is 1. The van der Waals surface area contributed by atoms with Crippen molar-refractivity contribution in [2.24, 2.45) is 0 Å². The molecule has 7 nitrogen and oxygen atoms in total. The third kappa shape index (κ3) is 4.08. The monoisotopic (exact) mass is 367 g/mol. The standard InChI is InChI=1S/C20H21N3O4/c1-20(2,3)17-14(21-11-27-17)10-16-19(25)22-15(18(24)23-16)9-12-6-5-7-13(8-12)26-4/h5-11H,1-4H3,(H,22,25)(H,23,24). The van der Waals surface area contributed by atoms with Crippen molar-refractivity contribution >= 4 is 12.2 Å². The average molecular weight is 367 g/mol. The van der Waals surface area contributed by atoms with Crippen molar-refractivity contribution in [3.63, 3.8) is 0 Å². The third-order valence-corrected chi connectivity index (χ3v) is 3.95. The molecule has 0 bridgehead atoms. The van der Waals surface area contributed by atoms with Gasteiger partial charge in [-0.05, 0) is 29.8 Å². The van der Waals surface area contributed by atoms with E-state index in [1.807, 2.05) is 26.8 Å². The number of rotatable bonds is 3. The SMILES string of the molecule is COc1cccc(C=c2[nH]c(=O)c(=Cc3ncoc3C(C)(C)C)[nH]c2=O)c1. The smallest absolute Gasteiger partial charge is 0.272 e. The quantitative estimate of drug-likeness (QED) is 0.720. The molecule has 0 saturated carbocycles. The van der Waals surface area contributed by atoms with Gasteiger partial charge in [-0.1, -0.05) is 32.9 Å². The first kappa shape index (κ1) is 18.4. The summed E-state index contributed by atoms with van der Waals surface area (Å²) in [4.78, 5) is 34.2. The number of H-pyrrole nitrogens is 2. The highest BCUT2D eigenvalue weighted by Crippen LogP contribution is 2.25. The summed E-state index contributed by atoms with van der Waals surface area (Å²) in [5.74, 6) is 1.29. The van der Waals surface area contributed by atoms with E-state index in [1.165, 1.54) is 12.5 Å². The minimum Gasteiger partial charge on any atom is -0.497 e. The van der Waals surface area contributed by atoms with E-state index in [0.29, 0.717) is 17.2 Å². The van der Waals surface area contributed by atoms with Crippen LogP contribution in [0.3, 0.4) is 0 Å². The van der Waals surface area contributed by atoms with E-state index in [-0.39, 0.29) is 16.1 Å². The predicted octanol–water partition coefficient (Wildman–Crippen LogP) is 1.01. The molecular weight excluding hydrogens is 346 g/mol. The molecule has 0 radical (unpaired) electrons. The Morgan fingerprint density at radius 3 is 2.37 bits per heavy atom. The van der Waals surface area contributed by atoms with Gasteiger partial charge in [-0.3, -0.25) is 9.59 Å². The lowest BCUT2D eigenvalue weighted by Gasteiger charge is -2.14. The second kappa shape index (κ2) is 7.11. The van der Waals surface area contributed by atoms with Gasteiger partial charge in [0.05, 0.1) is 7.11 Å². The zero-order chi connectivity index (χ0) is 19.6. The number of methoxy groups -OCH3 is 1. The summed E-state index contributed by atoms with van der Waals surface area (Å²) in [6, 6.07) is 7.18. The van der Waals surface area contributed by atoms with E-state index in [0.717, 1.165) is 5.56 Å². The predicted molar refractivity (Wildman–Crippen MR) is 102 cm³/mol. The summed E-state index contributed by atoms with van der Waals surface area (Å²) >= 11 is 0. The van der Waals surface area contributed by atoms with Crippen LogP contribution < -0.4 is 26.6 Å². The first-order valence-electron chi connectivity index (χ1n) is 8.42. The fraction of sp³-hybridized carbons (Fsp3) is 0.250. The number of aromatic nitrogens is 3. The average Bonchev–Trinajstić information content (AvgIpc) is 3.08. The van der Waals surface area contributed by atoms with Crippen LogP contribution in [0.2, 0.25) is 0 Å². The topological polar surface area (TPSA) is 101 Å². The van der Waals surface area contributed by atoms with Gasteiger partial charge in [0.25, 0.3) is 11.1 Å². The minimum absolute atomic E-state index is 0.113. The molecule has 3 aromatic rings. The van der Waals surface area contributed by atoms with Crippen molar-refractivity contribution in [2.45, 2.75) is 26.2 Å². The fourth-order valence-corrected chi connectivity index (χ4v) is 2.65. The van der Waals surface area contributed by atoms with E-state index in [9.17, 15) is 9.59 Å². The molecule has 3 rings (SSSR count). The molecule has 1 aromatic carbocycles. The number of aromatic amines is 2. The Hall–Kier alpha value is -3.35. The number of nitrogens with one attached hydrogen (secondary N) is 2. The van der Waals surface area contributed by atoms with Crippen molar-refractivity contribution in [3.8, 4) is 5.75 Å². The molecule has 0 amide bonds. The summed E-state index contributed by atoms with van der Waals surface area (Å²) in [5, 5.41) is 0.267. The maximum Gasteiger partial charge on any atom is 0.272 e. The zero-order valence-corrected chi connectivity index (χ0v) is 15.6. The lowest BCUT2D eigenvalue weighted by atomic mass is 9.92. The van der Waals surface area contributed by atoms with Gasteiger partial charge in [0.2, 0.25) is 0 Å². The maximum absolute atomic E-state index is 12.4. The second-order valence-corrected chi connectivity index (χ2v) is 7.12. The number of hydrogen-bond acceptors (Lipinski definition) is 5. The third-order valence-electron chi connectivity index (χ3n) is 3.95. The molecule has 0 aliphatic heterocycles. The van der Waals surface area contributed by atoms with Gasteiger partial charge in [-0.25, -0.2) is 4.98 Å². The Morgan fingerprint density at radius 2 is 1.74 bits per heavy atom. The van der Waals surface area contributed by atoms with Crippen LogP contribution in [0.1, 0.15) is 37.8 Å². The van der Waals surface area contributed by atoms with Crippen molar-refractivity contribution in [3.05, 3.63) is 79.1 Å². The van der Waals surface area contributed by atoms with E-state index in [1.54, 1.807) is 31.4 Å². The Labute approximate surface area is 155 Å². The molecule has 0 spiro atoms. The van der Waals surface area contributed by atoms with Crippen LogP contribution in [0.4, 0.5) is 0 Å². The molecule has 2 aromatic heterocycles. The van der Waals surface area contributed by atoms with Crippen LogP contribution in [0.15, 0.2) is 44.7 Å². The Kier molecular flexibility index (Phi) is 4.85. The van der Waals surface area contributed by atoms with Gasteiger partial charge in [0.1, 0.15) is 27.9 Å². The molecular formula is C20H21N3O4. The summed E-state index contributed by atoms with van der Waals surface area (Å²) in [5.41, 5.74) is 0.123. The Bertz CT molecular complexity index is 1190. The molecule has 0 fully saturated rings. The number of benzene rings is 1. The minimum atomic E-state index is -0.424. The van der Waals surface area contributed by atoms with Gasteiger partial charge in [-0.15, -0.1) is 0 Å². The van der Waals surface area contributed by atoms with Crippen molar-refractivity contribution < 1.29 is 9.15 Å². The van der Waals surface area contributed by atoms with Crippen molar-refractivity contribution in [1.82, 2.24) is 15.0 Å². The first-order valence-corrected chi connectivity index (χ1v) is 8.42. The largest absolute Gasteiger partial charge is 0.497 e. The van der Waals surface area contributed by atoms with E-state index in [4.69, 9.17) is 9.15 Å². The lowest BCUT2D eigenvalue weighted by Crippen LogP contribution is -2.46. The zero-order valence-electron chi connectivity index (χ0n) is 15.6. The van der Waals surface area contributed by atoms with Gasteiger partial charge < -0.3 is 19.1 Å². The van der Waals surface area contributed by atoms with Crippen LogP contribution in [-0.2, 0) is 5.41 Å². The summed E-state index contributed by atoms with van der Waals surface area (Å²) in [7, 11) is 1.56. The highest BCUT2D eigenvalue weighted by atomic mass is 16.5. The van der Waals surface area contributed by atoms with Gasteiger partial charge >= 0.3 is 0 Å². The molecule has 0 aliphatic rings. The second-order valence-electron chi connectivity index (χ2n) is 7.12. The molecule has 0 atom stereocenters. The summed E-state index contributed by atoms with van der Waals surface area (Å²) in [6.07, 6.45) is 4.42. The van der Waals surface area contributed by atoms with Crippen molar-refractivity contribution in [2.75, 3.05) is 7.11 Å². The summed E-state index contributed by atoms with van der Waals surface area (Å²) < 4.78 is 10.6. The van der Waals surface area contributed by atoms with E-state index in [2.05, 4.69) is 15.0 Å². The molecule has 2 N–H and O–H groups in total. The van der Waals surface area contributed by atoms with Gasteiger partial charge in [-0.2, -0.15) is 0 Å². The molecule has 0 aliphatic carbocycles. The first-order chi connectivity index (χ1) is 12.8. The molecule has 0 saturated heterocycles. The van der Waals surface area contributed by atoms with Crippen LogP contribution >= 0.6 is 0 Å². The Morgan fingerprint density at radius 1 is 1.07 bits per heavy atom. The van der Waals surface area contributed by atoms with Gasteiger partial charge in [0.15, 0.2) is 6.39 Å². The van der Waals surface area contributed by atoms with E-state index >= 15 is 0 Å². The van der Waals surface area contributed by atoms with Gasteiger partial charge in [0, 0.05) is 5.41 Å².